The Balaban J connectivity index is 3.76. The van der Waals surface area contributed by atoms with E-state index in [1.807, 2.05) is 27.7 Å². The summed E-state index contributed by atoms with van der Waals surface area (Å²) in [5, 5.41) is 0. The maximum absolute atomic E-state index is 11.1. The number of rotatable bonds is 4. The lowest BCUT2D eigenvalue weighted by atomic mass is 10.1. The molecule has 0 aromatic carbocycles. The van der Waals surface area contributed by atoms with Crippen LogP contribution in [0.1, 0.15) is 34.1 Å². The molecule has 0 N–H and O–H groups in total. The van der Waals surface area contributed by atoms with Crippen LogP contribution in [-0.4, -0.2) is 12.1 Å². The van der Waals surface area contributed by atoms with Gasteiger partial charge in [0.05, 0.1) is 5.92 Å². The van der Waals surface area contributed by atoms with Crippen LogP contribution in [0.4, 0.5) is 0 Å². The average Bonchev–Trinajstić information content (AvgIpc) is 1.84. The first-order chi connectivity index (χ1) is 5.43. The van der Waals surface area contributed by atoms with Crippen molar-refractivity contribution in [2.45, 2.75) is 40.2 Å². The first-order valence-corrected chi connectivity index (χ1v) is 4.28. The Bertz CT molecular complexity index is 171. The molecule has 0 aliphatic heterocycles. The minimum absolute atomic E-state index is 0.0439. The fourth-order valence-corrected chi connectivity index (χ4v) is 0.867. The van der Waals surface area contributed by atoms with Gasteiger partial charge in [-0.2, -0.15) is 0 Å². The van der Waals surface area contributed by atoms with Crippen molar-refractivity contribution in [3.63, 3.8) is 0 Å². The van der Waals surface area contributed by atoms with Crippen LogP contribution in [0.15, 0.2) is 12.2 Å². The van der Waals surface area contributed by atoms with Gasteiger partial charge in [0.15, 0.2) is 0 Å². The van der Waals surface area contributed by atoms with Crippen molar-refractivity contribution in [3.8, 4) is 0 Å². The molecule has 0 rings (SSSR count). The van der Waals surface area contributed by atoms with Crippen LogP contribution in [0.2, 0.25) is 0 Å². The molecule has 0 spiro atoms. The van der Waals surface area contributed by atoms with Crippen LogP contribution in [-0.2, 0) is 9.53 Å². The smallest absolute Gasteiger partial charge is 0.308 e. The minimum Gasteiger partial charge on any atom is -0.462 e. The topological polar surface area (TPSA) is 26.3 Å². The molecule has 0 saturated heterocycles. The number of hydrogen-bond donors (Lipinski definition) is 0. The summed E-state index contributed by atoms with van der Waals surface area (Å²) in [7, 11) is 0. The Hall–Kier alpha value is -0.790. The number of carbonyl (C=O) groups excluding carboxylic acids is 1. The third-order valence-corrected chi connectivity index (χ3v) is 1.42. The van der Waals surface area contributed by atoms with E-state index in [-0.39, 0.29) is 18.0 Å². The van der Waals surface area contributed by atoms with Crippen molar-refractivity contribution >= 4 is 5.97 Å². The summed E-state index contributed by atoms with van der Waals surface area (Å²) < 4.78 is 5.12. The molecule has 70 valence electrons. The van der Waals surface area contributed by atoms with Gasteiger partial charge in [-0.25, -0.2) is 0 Å². The van der Waals surface area contributed by atoms with E-state index in [1.165, 1.54) is 0 Å². The van der Waals surface area contributed by atoms with Crippen molar-refractivity contribution < 1.29 is 9.53 Å². The fourth-order valence-electron chi connectivity index (χ4n) is 0.867. The van der Waals surface area contributed by atoms with Gasteiger partial charge in [0.25, 0.3) is 0 Å². The Morgan fingerprint density at radius 2 is 1.92 bits per heavy atom. The maximum atomic E-state index is 11.1. The zero-order valence-electron chi connectivity index (χ0n) is 8.39. The van der Waals surface area contributed by atoms with Gasteiger partial charge in [0.2, 0.25) is 0 Å². The van der Waals surface area contributed by atoms with Gasteiger partial charge in [0, 0.05) is 6.42 Å². The summed E-state index contributed by atoms with van der Waals surface area (Å²) in [6.07, 6.45) is 0.704. The van der Waals surface area contributed by atoms with Crippen molar-refractivity contribution in [1.29, 1.82) is 0 Å². The lowest BCUT2D eigenvalue weighted by Crippen LogP contribution is -2.19. The molecule has 2 nitrogen and oxygen atoms in total. The number of ether oxygens (including phenoxy) is 1. The van der Waals surface area contributed by atoms with Gasteiger partial charge < -0.3 is 4.74 Å². The fraction of sp³-hybridized carbons (Fsp3) is 0.700. The van der Waals surface area contributed by atoms with E-state index in [4.69, 9.17) is 4.74 Å². The number of carbonyl (C=O) groups is 1. The first-order valence-electron chi connectivity index (χ1n) is 4.28. The van der Waals surface area contributed by atoms with Crippen LogP contribution in [0, 0.1) is 5.92 Å². The Morgan fingerprint density at radius 1 is 1.42 bits per heavy atom. The zero-order chi connectivity index (χ0) is 9.72. The SMILES string of the molecule is C=C(C)C[C@@H](C)OC(=O)C(C)C. The predicted molar refractivity (Wildman–Crippen MR) is 49.8 cm³/mol. The molecule has 12 heavy (non-hydrogen) atoms. The molecule has 0 bridgehead atoms. The van der Waals surface area contributed by atoms with E-state index in [9.17, 15) is 4.79 Å². The molecular formula is C10H18O2. The molecule has 0 aliphatic rings. The normalized spacial score (nSPS) is 12.8. The minimum atomic E-state index is -0.135. The van der Waals surface area contributed by atoms with E-state index in [1.54, 1.807) is 0 Å². The second kappa shape index (κ2) is 4.96. The monoisotopic (exact) mass is 170 g/mol. The maximum Gasteiger partial charge on any atom is 0.308 e. The predicted octanol–water partition coefficient (Wildman–Crippen LogP) is 2.54. The number of hydrogen-bond acceptors (Lipinski definition) is 2. The second-order valence-electron chi connectivity index (χ2n) is 3.56. The van der Waals surface area contributed by atoms with Gasteiger partial charge in [-0.1, -0.05) is 19.4 Å². The summed E-state index contributed by atoms with van der Waals surface area (Å²) in [6, 6.07) is 0. The molecular weight excluding hydrogens is 152 g/mol. The third kappa shape index (κ3) is 4.94. The average molecular weight is 170 g/mol. The molecule has 1 atom stereocenters. The van der Waals surface area contributed by atoms with Gasteiger partial charge in [-0.15, -0.1) is 6.58 Å². The highest BCUT2D eigenvalue weighted by Crippen LogP contribution is 2.07. The Morgan fingerprint density at radius 3 is 2.25 bits per heavy atom. The molecule has 0 saturated carbocycles. The Labute approximate surface area is 74.6 Å². The molecule has 0 radical (unpaired) electrons. The summed E-state index contributed by atoms with van der Waals surface area (Å²) in [4.78, 5) is 11.1. The van der Waals surface area contributed by atoms with Crippen molar-refractivity contribution in [3.05, 3.63) is 12.2 Å². The van der Waals surface area contributed by atoms with Crippen LogP contribution in [0.25, 0.3) is 0 Å². The lowest BCUT2D eigenvalue weighted by Gasteiger charge is -2.14. The highest BCUT2D eigenvalue weighted by atomic mass is 16.5. The second-order valence-corrected chi connectivity index (χ2v) is 3.56. The van der Waals surface area contributed by atoms with Crippen LogP contribution < -0.4 is 0 Å². The molecule has 0 aromatic rings. The van der Waals surface area contributed by atoms with Gasteiger partial charge in [0.1, 0.15) is 6.10 Å². The van der Waals surface area contributed by atoms with Crippen LogP contribution >= 0.6 is 0 Å². The molecule has 2 heteroatoms. The first kappa shape index (κ1) is 11.2. The molecule has 0 fully saturated rings. The van der Waals surface area contributed by atoms with Crippen LogP contribution in [0.3, 0.4) is 0 Å². The van der Waals surface area contributed by atoms with Crippen molar-refractivity contribution in [2.75, 3.05) is 0 Å². The van der Waals surface area contributed by atoms with Gasteiger partial charge in [-0.3, -0.25) is 4.79 Å². The van der Waals surface area contributed by atoms with Gasteiger partial charge >= 0.3 is 5.97 Å². The zero-order valence-corrected chi connectivity index (χ0v) is 8.39. The van der Waals surface area contributed by atoms with Crippen molar-refractivity contribution in [1.82, 2.24) is 0 Å². The van der Waals surface area contributed by atoms with Crippen molar-refractivity contribution in [2.24, 2.45) is 5.92 Å². The van der Waals surface area contributed by atoms with E-state index in [2.05, 4.69) is 6.58 Å². The standard InChI is InChI=1S/C10H18O2/c1-7(2)6-9(5)12-10(11)8(3)4/h8-9H,1,6H2,2-5H3/t9-/m1/s1. The third-order valence-electron chi connectivity index (χ3n) is 1.42. The van der Waals surface area contributed by atoms with E-state index >= 15 is 0 Å². The van der Waals surface area contributed by atoms with E-state index in [0.29, 0.717) is 0 Å². The molecule has 0 unspecified atom stereocenters. The molecule has 0 aromatic heterocycles. The van der Waals surface area contributed by atoms with Gasteiger partial charge in [-0.05, 0) is 13.8 Å². The molecule has 0 aliphatic carbocycles. The highest BCUT2D eigenvalue weighted by Gasteiger charge is 2.12. The largest absolute Gasteiger partial charge is 0.462 e. The molecule has 0 amide bonds. The molecule has 0 heterocycles. The summed E-state index contributed by atoms with van der Waals surface area (Å²) in [5.74, 6) is -0.179. The summed E-state index contributed by atoms with van der Waals surface area (Å²) in [6.45, 7) is 11.2. The quantitative estimate of drug-likeness (QED) is 0.478. The summed E-state index contributed by atoms with van der Waals surface area (Å²) >= 11 is 0. The lowest BCUT2D eigenvalue weighted by molar-refractivity contribution is -0.151. The van der Waals surface area contributed by atoms with E-state index in [0.717, 1.165) is 12.0 Å². The highest BCUT2D eigenvalue weighted by molar-refractivity contribution is 5.71. The summed E-state index contributed by atoms with van der Waals surface area (Å²) in [5.41, 5.74) is 1.04. The van der Waals surface area contributed by atoms with E-state index < -0.39 is 0 Å². The Kier molecular flexibility index (Phi) is 4.64. The number of esters is 1. The van der Waals surface area contributed by atoms with Crippen LogP contribution in [0.5, 0.6) is 0 Å².